The molecule has 144 valence electrons. The van der Waals surface area contributed by atoms with Crippen LogP contribution in [0.15, 0.2) is 71.3 Å². The number of hydrogen-bond acceptors (Lipinski definition) is 6. The SMILES string of the molecule is O=[N+]([O-])c1c(F)cc(-c2nc(-c3ccc(Oc4ccccc4)cc3)no2)cc1F. The van der Waals surface area contributed by atoms with Crippen molar-refractivity contribution < 1.29 is 23.0 Å². The quantitative estimate of drug-likeness (QED) is 0.333. The third-order valence-electron chi connectivity index (χ3n) is 3.96. The van der Waals surface area contributed by atoms with E-state index in [1.807, 2.05) is 30.3 Å². The van der Waals surface area contributed by atoms with E-state index in [0.29, 0.717) is 17.1 Å². The van der Waals surface area contributed by atoms with Crippen molar-refractivity contribution in [2.45, 2.75) is 0 Å². The van der Waals surface area contributed by atoms with Crippen molar-refractivity contribution >= 4 is 5.69 Å². The summed E-state index contributed by atoms with van der Waals surface area (Å²) in [6.45, 7) is 0. The molecule has 0 aliphatic heterocycles. The normalized spacial score (nSPS) is 10.7. The molecule has 0 bridgehead atoms. The van der Waals surface area contributed by atoms with Crippen molar-refractivity contribution in [3.05, 3.63) is 88.5 Å². The van der Waals surface area contributed by atoms with Crippen LogP contribution in [0.5, 0.6) is 11.5 Å². The number of hydrogen-bond donors (Lipinski definition) is 0. The zero-order valence-electron chi connectivity index (χ0n) is 14.6. The number of halogens is 2. The van der Waals surface area contributed by atoms with Gasteiger partial charge in [-0.15, -0.1) is 0 Å². The fourth-order valence-electron chi connectivity index (χ4n) is 2.62. The summed E-state index contributed by atoms with van der Waals surface area (Å²) < 4.78 is 38.4. The second-order valence-corrected chi connectivity index (χ2v) is 5.91. The van der Waals surface area contributed by atoms with E-state index in [2.05, 4.69) is 10.1 Å². The van der Waals surface area contributed by atoms with Crippen LogP contribution >= 0.6 is 0 Å². The maximum Gasteiger partial charge on any atom is 0.340 e. The maximum absolute atomic E-state index is 13.8. The number of nitrogens with zero attached hydrogens (tertiary/aromatic N) is 3. The lowest BCUT2D eigenvalue weighted by atomic mass is 10.2. The highest BCUT2D eigenvalue weighted by Gasteiger charge is 2.24. The van der Waals surface area contributed by atoms with Gasteiger partial charge in [0.05, 0.1) is 4.92 Å². The summed E-state index contributed by atoms with van der Waals surface area (Å²) in [4.78, 5) is 13.7. The number of aromatic nitrogens is 2. The van der Waals surface area contributed by atoms with Gasteiger partial charge in [0.2, 0.25) is 17.5 Å². The monoisotopic (exact) mass is 395 g/mol. The summed E-state index contributed by atoms with van der Waals surface area (Å²) in [5.41, 5.74) is -0.751. The molecule has 0 spiro atoms. The molecule has 29 heavy (non-hydrogen) atoms. The van der Waals surface area contributed by atoms with Gasteiger partial charge in [-0.3, -0.25) is 10.1 Å². The highest BCUT2D eigenvalue weighted by atomic mass is 19.1. The summed E-state index contributed by atoms with van der Waals surface area (Å²) >= 11 is 0. The van der Waals surface area contributed by atoms with E-state index in [-0.39, 0.29) is 17.3 Å². The Morgan fingerprint density at radius 1 is 0.897 bits per heavy atom. The summed E-state index contributed by atoms with van der Waals surface area (Å²) in [6.07, 6.45) is 0. The number of para-hydroxylation sites is 1. The first-order chi connectivity index (χ1) is 14.0. The van der Waals surface area contributed by atoms with Gasteiger partial charge in [0, 0.05) is 11.1 Å². The molecule has 7 nitrogen and oxygen atoms in total. The molecule has 0 aliphatic rings. The van der Waals surface area contributed by atoms with Gasteiger partial charge in [-0.1, -0.05) is 23.4 Å². The first-order valence-electron chi connectivity index (χ1n) is 8.32. The topological polar surface area (TPSA) is 91.3 Å². The second-order valence-electron chi connectivity index (χ2n) is 5.91. The summed E-state index contributed by atoms with van der Waals surface area (Å²) in [5, 5.41) is 14.5. The van der Waals surface area contributed by atoms with Gasteiger partial charge in [-0.25, -0.2) is 0 Å². The highest BCUT2D eigenvalue weighted by Crippen LogP contribution is 2.30. The first kappa shape index (κ1) is 18.2. The van der Waals surface area contributed by atoms with Gasteiger partial charge in [-0.2, -0.15) is 13.8 Å². The lowest BCUT2D eigenvalue weighted by molar-refractivity contribution is -0.390. The Morgan fingerprint density at radius 2 is 1.52 bits per heavy atom. The van der Waals surface area contributed by atoms with Crippen LogP contribution in [0.25, 0.3) is 22.8 Å². The van der Waals surface area contributed by atoms with Crippen LogP contribution in [-0.2, 0) is 0 Å². The van der Waals surface area contributed by atoms with Crippen LogP contribution in [0, 0.1) is 21.7 Å². The van der Waals surface area contributed by atoms with E-state index in [4.69, 9.17) is 9.26 Å². The molecular weight excluding hydrogens is 384 g/mol. The highest BCUT2D eigenvalue weighted by molar-refractivity contribution is 5.62. The molecule has 0 saturated heterocycles. The van der Waals surface area contributed by atoms with Gasteiger partial charge in [0.1, 0.15) is 11.5 Å². The lowest BCUT2D eigenvalue weighted by Gasteiger charge is -2.05. The van der Waals surface area contributed by atoms with E-state index in [9.17, 15) is 18.9 Å². The Kier molecular flexibility index (Phi) is 4.70. The van der Waals surface area contributed by atoms with Gasteiger partial charge < -0.3 is 9.26 Å². The fraction of sp³-hybridized carbons (Fsp3) is 0. The molecule has 0 N–H and O–H groups in total. The largest absolute Gasteiger partial charge is 0.457 e. The predicted molar refractivity (Wildman–Crippen MR) is 98.3 cm³/mol. The average Bonchev–Trinajstić information content (AvgIpc) is 3.19. The Hall–Kier alpha value is -4.14. The van der Waals surface area contributed by atoms with Gasteiger partial charge >= 0.3 is 5.69 Å². The zero-order valence-corrected chi connectivity index (χ0v) is 14.6. The van der Waals surface area contributed by atoms with Crippen molar-refractivity contribution in [3.8, 4) is 34.3 Å². The summed E-state index contributed by atoms with van der Waals surface area (Å²) in [6, 6.07) is 17.6. The van der Waals surface area contributed by atoms with Crippen LogP contribution < -0.4 is 4.74 Å². The second kappa shape index (κ2) is 7.47. The summed E-state index contributed by atoms with van der Waals surface area (Å²) in [5.74, 6) is -1.35. The standard InChI is InChI=1S/C20H11F2N3O4/c21-16-10-13(11-17(22)18(16)25(26)27)20-23-19(24-29-20)12-6-8-15(9-7-12)28-14-4-2-1-3-5-14/h1-11H. The van der Waals surface area contributed by atoms with Crippen LogP contribution in [-0.4, -0.2) is 15.1 Å². The molecular formula is C20H11F2N3O4. The molecule has 3 aromatic carbocycles. The molecule has 0 radical (unpaired) electrons. The van der Waals surface area contributed by atoms with E-state index >= 15 is 0 Å². The van der Waals surface area contributed by atoms with Crippen LogP contribution in [0.2, 0.25) is 0 Å². The van der Waals surface area contributed by atoms with Gasteiger partial charge in [0.15, 0.2) is 0 Å². The Morgan fingerprint density at radius 3 is 2.14 bits per heavy atom. The molecule has 1 heterocycles. The van der Waals surface area contributed by atoms with Crippen molar-refractivity contribution in [2.75, 3.05) is 0 Å². The molecule has 0 aliphatic carbocycles. The van der Waals surface area contributed by atoms with Crippen molar-refractivity contribution in [3.63, 3.8) is 0 Å². The van der Waals surface area contributed by atoms with E-state index in [1.165, 1.54) is 0 Å². The third kappa shape index (κ3) is 3.79. The van der Waals surface area contributed by atoms with Crippen LogP contribution in [0.4, 0.5) is 14.5 Å². The fourth-order valence-corrected chi connectivity index (χ4v) is 2.62. The summed E-state index contributed by atoms with van der Waals surface area (Å²) in [7, 11) is 0. The Bertz CT molecular complexity index is 1160. The Balaban J connectivity index is 1.57. The van der Waals surface area contributed by atoms with Crippen LogP contribution in [0.1, 0.15) is 0 Å². The molecule has 0 unspecified atom stereocenters. The van der Waals surface area contributed by atoms with E-state index < -0.39 is 22.2 Å². The minimum atomic E-state index is -1.33. The molecule has 4 aromatic rings. The lowest BCUT2D eigenvalue weighted by Crippen LogP contribution is -1.97. The smallest absolute Gasteiger partial charge is 0.340 e. The minimum absolute atomic E-state index is 0.103. The number of nitro benzene ring substituents is 1. The number of rotatable bonds is 5. The third-order valence-corrected chi connectivity index (χ3v) is 3.96. The number of nitro groups is 1. The van der Waals surface area contributed by atoms with Gasteiger partial charge in [-0.05, 0) is 48.5 Å². The zero-order chi connectivity index (χ0) is 20.4. The predicted octanol–water partition coefficient (Wildman–Crippen LogP) is 5.38. The molecule has 0 fully saturated rings. The van der Waals surface area contributed by atoms with Crippen molar-refractivity contribution in [1.82, 2.24) is 10.1 Å². The van der Waals surface area contributed by atoms with Crippen LogP contribution in [0.3, 0.4) is 0 Å². The molecule has 0 saturated carbocycles. The Labute approximate surface area is 162 Å². The molecule has 0 atom stereocenters. The van der Waals surface area contributed by atoms with Crippen molar-refractivity contribution in [2.24, 2.45) is 0 Å². The van der Waals surface area contributed by atoms with E-state index in [0.717, 1.165) is 12.1 Å². The number of benzene rings is 3. The number of ether oxygens (including phenoxy) is 1. The van der Waals surface area contributed by atoms with Crippen molar-refractivity contribution in [1.29, 1.82) is 0 Å². The minimum Gasteiger partial charge on any atom is -0.457 e. The molecule has 1 aromatic heterocycles. The molecule has 4 rings (SSSR count). The van der Waals surface area contributed by atoms with Gasteiger partial charge in [0.25, 0.3) is 5.89 Å². The molecule has 0 amide bonds. The maximum atomic E-state index is 13.8. The first-order valence-corrected chi connectivity index (χ1v) is 8.32. The van der Waals surface area contributed by atoms with E-state index in [1.54, 1.807) is 24.3 Å². The molecule has 9 heteroatoms. The average molecular weight is 395 g/mol.